The van der Waals surface area contributed by atoms with Crippen LogP contribution in [0.15, 0.2) is 18.5 Å². The van der Waals surface area contributed by atoms with Gasteiger partial charge in [-0.2, -0.15) is 0 Å². The van der Waals surface area contributed by atoms with Crippen molar-refractivity contribution in [2.75, 3.05) is 18.0 Å². The van der Waals surface area contributed by atoms with Crippen molar-refractivity contribution in [3.05, 3.63) is 28.6 Å². The van der Waals surface area contributed by atoms with Gasteiger partial charge in [0.15, 0.2) is 0 Å². The van der Waals surface area contributed by atoms with E-state index >= 15 is 0 Å². The monoisotopic (exact) mass is 262 g/mol. The van der Waals surface area contributed by atoms with E-state index in [4.69, 9.17) is 0 Å². The fraction of sp³-hybridized carbons (Fsp3) is 0.500. The molecule has 19 heavy (non-hydrogen) atoms. The Morgan fingerprint density at radius 2 is 2.37 bits per heavy atom. The third-order valence-corrected chi connectivity index (χ3v) is 3.84. The van der Waals surface area contributed by atoms with Crippen LogP contribution in [0.4, 0.5) is 11.4 Å². The summed E-state index contributed by atoms with van der Waals surface area (Å²) in [6.45, 7) is 1.39. The van der Waals surface area contributed by atoms with Crippen LogP contribution in [0.5, 0.6) is 0 Å². The van der Waals surface area contributed by atoms with Gasteiger partial charge in [-0.15, -0.1) is 0 Å². The molecule has 2 saturated heterocycles. The van der Waals surface area contributed by atoms with Crippen molar-refractivity contribution in [1.29, 1.82) is 0 Å². The SMILES string of the molecule is O=C1C[C@@H]2CN(c3ccncc3[N+](=O)[O-])CC[C@@H]2N1. The van der Waals surface area contributed by atoms with Crippen molar-refractivity contribution in [3.8, 4) is 0 Å². The second-order valence-electron chi connectivity index (χ2n) is 4.99. The average molecular weight is 262 g/mol. The molecule has 2 aliphatic heterocycles. The summed E-state index contributed by atoms with van der Waals surface area (Å²) in [7, 11) is 0. The maximum Gasteiger partial charge on any atom is 0.310 e. The second-order valence-corrected chi connectivity index (χ2v) is 4.99. The summed E-state index contributed by atoms with van der Waals surface area (Å²) in [4.78, 5) is 27.8. The minimum Gasteiger partial charge on any atom is -0.365 e. The van der Waals surface area contributed by atoms with Crippen molar-refractivity contribution in [2.24, 2.45) is 5.92 Å². The van der Waals surface area contributed by atoms with Crippen LogP contribution in [0.2, 0.25) is 0 Å². The van der Waals surface area contributed by atoms with Crippen molar-refractivity contribution in [3.63, 3.8) is 0 Å². The predicted octanol–water partition coefficient (Wildman–Crippen LogP) is 0.705. The Labute approximate surface area is 109 Å². The number of hydrogen-bond donors (Lipinski definition) is 1. The lowest BCUT2D eigenvalue weighted by molar-refractivity contribution is -0.384. The first kappa shape index (κ1) is 11.9. The third kappa shape index (κ3) is 2.11. The summed E-state index contributed by atoms with van der Waals surface area (Å²) in [6, 6.07) is 1.90. The highest BCUT2D eigenvalue weighted by molar-refractivity contribution is 5.79. The van der Waals surface area contributed by atoms with Crippen molar-refractivity contribution in [1.82, 2.24) is 10.3 Å². The number of rotatable bonds is 2. The number of nitrogens with zero attached hydrogens (tertiary/aromatic N) is 3. The number of hydrogen-bond acceptors (Lipinski definition) is 5. The summed E-state index contributed by atoms with van der Waals surface area (Å²) in [6.07, 6.45) is 4.18. The van der Waals surface area contributed by atoms with Crippen LogP contribution in [0.3, 0.4) is 0 Å². The fourth-order valence-electron chi connectivity index (χ4n) is 2.94. The number of fused-ring (bicyclic) bond motifs is 1. The second kappa shape index (κ2) is 4.49. The molecule has 3 heterocycles. The van der Waals surface area contributed by atoms with Crippen LogP contribution in [0.25, 0.3) is 0 Å². The number of carbonyl (C=O) groups is 1. The summed E-state index contributed by atoms with van der Waals surface area (Å²) < 4.78 is 0. The van der Waals surface area contributed by atoms with E-state index in [1.165, 1.54) is 6.20 Å². The molecular formula is C12H14N4O3. The van der Waals surface area contributed by atoms with Gasteiger partial charge in [-0.25, -0.2) is 0 Å². The minimum atomic E-state index is -0.410. The molecular weight excluding hydrogens is 248 g/mol. The number of piperidine rings is 1. The Balaban J connectivity index is 1.84. The summed E-state index contributed by atoms with van der Waals surface area (Å²) >= 11 is 0. The fourth-order valence-corrected chi connectivity index (χ4v) is 2.94. The number of anilines is 1. The normalized spacial score (nSPS) is 25.9. The molecule has 7 heteroatoms. The molecule has 0 aromatic carbocycles. The van der Waals surface area contributed by atoms with Gasteiger partial charge in [0.1, 0.15) is 11.9 Å². The first-order chi connectivity index (χ1) is 9.15. The Hall–Kier alpha value is -2.18. The summed E-state index contributed by atoms with van der Waals surface area (Å²) in [5.74, 6) is 0.329. The van der Waals surface area contributed by atoms with E-state index in [9.17, 15) is 14.9 Å². The molecule has 1 amide bonds. The number of aromatic nitrogens is 1. The zero-order valence-corrected chi connectivity index (χ0v) is 10.3. The Bertz CT molecular complexity index is 533. The highest BCUT2D eigenvalue weighted by Crippen LogP contribution is 2.33. The van der Waals surface area contributed by atoms with Gasteiger partial charge in [0.05, 0.1) is 4.92 Å². The predicted molar refractivity (Wildman–Crippen MR) is 67.8 cm³/mol. The molecule has 1 N–H and O–H groups in total. The topological polar surface area (TPSA) is 88.4 Å². The van der Waals surface area contributed by atoms with Gasteiger partial charge in [-0.1, -0.05) is 0 Å². The summed E-state index contributed by atoms with van der Waals surface area (Å²) in [5, 5.41) is 14.0. The van der Waals surface area contributed by atoms with E-state index in [0.29, 0.717) is 25.2 Å². The summed E-state index contributed by atoms with van der Waals surface area (Å²) in [5.41, 5.74) is 0.621. The molecule has 1 aromatic heterocycles. The molecule has 3 rings (SSSR count). The molecule has 0 radical (unpaired) electrons. The first-order valence-corrected chi connectivity index (χ1v) is 6.28. The van der Waals surface area contributed by atoms with Crippen LogP contribution in [0, 0.1) is 16.0 Å². The third-order valence-electron chi connectivity index (χ3n) is 3.84. The number of nitro groups is 1. The lowest BCUT2D eigenvalue weighted by Gasteiger charge is -2.35. The number of nitrogens with one attached hydrogen (secondary N) is 1. The standard InChI is InChI=1S/C12H14N4O3/c17-12-5-8-7-15(4-2-9(8)14-12)10-1-3-13-6-11(10)16(18)19/h1,3,6,8-9H,2,4-5,7H2,(H,14,17)/t8-,9+/m1/s1. The van der Waals surface area contributed by atoms with Gasteiger partial charge in [0, 0.05) is 37.7 Å². The van der Waals surface area contributed by atoms with Crippen LogP contribution < -0.4 is 10.2 Å². The van der Waals surface area contributed by atoms with Crippen molar-refractivity contribution < 1.29 is 9.72 Å². The lowest BCUT2D eigenvalue weighted by Crippen LogP contribution is -2.44. The van der Waals surface area contributed by atoms with Crippen LogP contribution in [0.1, 0.15) is 12.8 Å². The van der Waals surface area contributed by atoms with Gasteiger partial charge in [0.2, 0.25) is 5.91 Å². The van der Waals surface area contributed by atoms with Crippen molar-refractivity contribution >= 4 is 17.3 Å². The molecule has 0 aliphatic carbocycles. The first-order valence-electron chi connectivity index (χ1n) is 6.28. The van der Waals surface area contributed by atoms with Gasteiger partial charge in [-0.3, -0.25) is 19.9 Å². The van der Waals surface area contributed by atoms with Gasteiger partial charge in [0.25, 0.3) is 0 Å². The van der Waals surface area contributed by atoms with E-state index in [2.05, 4.69) is 10.3 Å². The van der Waals surface area contributed by atoms with Gasteiger partial charge in [-0.05, 0) is 12.5 Å². The van der Waals surface area contributed by atoms with E-state index in [1.54, 1.807) is 12.3 Å². The zero-order chi connectivity index (χ0) is 13.4. The van der Waals surface area contributed by atoms with Gasteiger partial charge < -0.3 is 10.2 Å². The van der Waals surface area contributed by atoms with Crippen LogP contribution in [-0.4, -0.2) is 34.9 Å². The maximum absolute atomic E-state index is 11.4. The molecule has 0 saturated carbocycles. The molecule has 7 nitrogen and oxygen atoms in total. The molecule has 0 unspecified atom stereocenters. The van der Waals surface area contributed by atoms with E-state index < -0.39 is 4.92 Å². The smallest absolute Gasteiger partial charge is 0.310 e. The van der Waals surface area contributed by atoms with Gasteiger partial charge >= 0.3 is 5.69 Å². The maximum atomic E-state index is 11.4. The van der Waals surface area contributed by atoms with Crippen LogP contribution >= 0.6 is 0 Å². The highest BCUT2D eigenvalue weighted by atomic mass is 16.6. The number of pyridine rings is 1. The number of amides is 1. The van der Waals surface area contributed by atoms with Crippen LogP contribution in [-0.2, 0) is 4.79 Å². The molecule has 0 bridgehead atoms. The van der Waals surface area contributed by atoms with Crippen molar-refractivity contribution in [2.45, 2.75) is 18.9 Å². The molecule has 2 fully saturated rings. The Morgan fingerprint density at radius 1 is 1.53 bits per heavy atom. The Kier molecular flexibility index (Phi) is 2.81. The number of carbonyl (C=O) groups excluding carboxylic acids is 1. The largest absolute Gasteiger partial charge is 0.365 e. The zero-order valence-electron chi connectivity index (χ0n) is 10.3. The molecule has 100 valence electrons. The quantitative estimate of drug-likeness (QED) is 0.626. The minimum absolute atomic E-state index is 0.0261. The molecule has 1 aromatic rings. The molecule has 2 aliphatic rings. The Morgan fingerprint density at radius 3 is 3.16 bits per heavy atom. The average Bonchev–Trinajstić information content (AvgIpc) is 2.77. The molecule has 0 spiro atoms. The lowest BCUT2D eigenvalue weighted by atomic mass is 9.93. The highest BCUT2D eigenvalue weighted by Gasteiger charge is 2.38. The molecule has 2 atom stereocenters. The van der Waals surface area contributed by atoms with E-state index in [1.807, 2.05) is 4.90 Å². The van der Waals surface area contributed by atoms with E-state index in [-0.39, 0.29) is 23.6 Å². The van der Waals surface area contributed by atoms with E-state index in [0.717, 1.165) is 6.42 Å².